The summed E-state index contributed by atoms with van der Waals surface area (Å²) in [5, 5.41) is 7.72. The topological polar surface area (TPSA) is 67.2 Å². The Morgan fingerprint density at radius 2 is 1.73 bits per heavy atom. The van der Waals surface area contributed by atoms with E-state index in [9.17, 15) is 9.59 Å². The normalized spacial score (nSPS) is 12.0. The molecule has 6 nitrogen and oxygen atoms in total. The van der Waals surface area contributed by atoms with Gasteiger partial charge in [0.2, 0.25) is 5.91 Å². The van der Waals surface area contributed by atoms with Gasteiger partial charge in [-0.05, 0) is 45.7 Å². The highest BCUT2D eigenvalue weighted by Crippen LogP contribution is 2.28. The lowest BCUT2D eigenvalue weighted by molar-refractivity contribution is -0.117. The van der Waals surface area contributed by atoms with Crippen molar-refractivity contribution in [3.63, 3.8) is 0 Å². The maximum Gasteiger partial charge on any atom is 0.254 e. The monoisotopic (exact) mass is 412 g/mol. The van der Waals surface area contributed by atoms with Crippen LogP contribution in [-0.2, 0) is 15.7 Å². The van der Waals surface area contributed by atoms with Crippen LogP contribution in [0.15, 0.2) is 30.3 Å². The minimum absolute atomic E-state index is 0.00117. The molecule has 1 heterocycles. The van der Waals surface area contributed by atoms with Gasteiger partial charge in [-0.1, -0.05) is 45.9 Å². The number of rotatable bonds is 6. The Morgan fingerprint density at radius 3 is 2.27 bits per heavy atom. The lowest BCUT2D eigenvalue weighted by Crippen LogP contribution is -2.39. The Kier molecular flexibility index (Phi) is 7.11. The van der Waals surface area contributed by atoms with E-state index < -0.39 is 0 Å². The Bertz CT molecular complexity index is 901. The lowest BCUT2D eigenvalue weighted by atomic mass is 9.92. The third kappa shape index (κ3) is 5.71. The van der Waals surface area contributed by atoms with Gasteiger partial charge in [-0.3, -0.25) is 9.59 Å². The third-order valence-corrected chi connectivity index (χ3v) is 4.87. The van der Waals surface area contributed by atoms with Gasteiger partial charge < -0.3 is 10.2 Å². The molecule has 0 aliphatic heterocycles. The van der Waals surface area contributed by atoms with Gasteiger partial charge in [0, 0.05) is 23.6 Å². The molecule has 1 aromatic heterocycles. The SMILES string of the molecule is CCCN(CC(=O)Nc1cc(C(C)(C)C)nn1C(C)(C)C)C(=O)c1ccccc1C. The predicted molar refractivity (Wildman–Crippen MR) is 122 cm³/mol. The number of hydrogen-bond acceptors (Lipinski definition) is 3. The quantitative estimate of drug-likeness (QED) is 0.745. The van der Waals surface area contributed by atoms with Crippen molar-refractivity contribution in [2.24, 2.45) is 0 Å². The van der Waals surface area contributed by atoms with Crippen molar-refractivity contribution in [2.75, 3.05) is 18.4 Å². The van der Waals surface area contributed by atoms with Crippen molar-refractivity contribution in [2.45, 2.75) is 72.8 Å². The summed E-state index contributed by atoms with van der Waals surface area (Å²) < 4.78 is 1.85. The second-order valence-electron chi connectivity index (χ2n) is 9.84. The molecule has 0 atom stereocenters. The van der Waals surface area contributed by atoms with E-state index in [4.69, 9.17) is 5.10 Å². The summed E-state index contributed by atoms with van der Waals surface area (Å²) in [4.78, 5) is 27.6. The summed E-state index contributed by atoms with van der Waals surface area (Å²) in [6.45, 7) is 16.9. The van der Waals surface area contributed by atoms with Crippen LogP contribution in [0.25, 0.3) is 0 Å². The minimum atomic E-state index is -0.286. The number of nitrogens with zero attached hydrogens (tertiary/aromatic N) is 3. The Labute approximate surface area is 180 Å². The second kappa shape index (κ2) is 9.02. The Balaban J connectivity index is 2.25. The fraction of sp³-hybridized carbons (Fsp3) is 0.542. The molecule has 164 valence electrons. The van der Waals surface area contributed by atoms with Crippen molar-refractivity contribution < 1.29 is 9.59 Å². The van der Waals surface area contributed by atoms with Crippen molar-refractivity contribution in [3.8, 4) is 0 Å². The van der Waals surface area contributed by atoms with Crippen LogP contribution in [0.1, 0.15) is 76.5 Å². The zero-order chi connectivity index (χ0) is 22.7. The molecule has 0 unspecified atom stereocenters. The molecule has 0 aliphatic rings. The number of aryl methyl sites for hydroxylation is 1. The van der Waals surface area contributed by atoms with E-state index >= 15 is 0 Å². The van der Waals surface area contributed by atoms with Gasteiger partial charge in [0.25, 0.3) is 5.91 Å². The van der Waals surface area contributed by atoms with E-state index in [-0.39, 0.29) is 29.3 Å². The highest BCUT2D eigenvalue weighted by molar-refractivity contribution is 6.00. The number of benzene rings is 1. The highest BCUT2D eigenvalue weighted by Gasteiger charge is 2.26. The lowest BCUT2D eigenvalue weighted by Gasteiger charge is -2.25. The summed E-state index contributed by atoms with van der Waals surface area (Å²) in [6.07, 6.45) is 0.777. The first-order valence-electron chi connectivity index (χ1n) is 10.6. The molecular formula is C24H36N4O2. The molecule has 30 heavy (non-hydrogen) atoms. The van der Waals surface area contributed by atoms with Gasteiger partial charge in [-0.15, -0.1) is 0 Å². The van der Waals surface area contributed by atoms with E-state index in [2.05, 4.69) is 26.1 Å². The first-order chi connectivity index (χ1) is 13.8. The van der Waals surface area contributed by atoms with E-state index in [0.717, 1.165) is 17.7 Å². The fourth-order valence-corrected chi connectivity index (χ4v) is 3.21. The van der Waals surface area contributed by atoms with E-state index in [0.29, 0.717) is 17.9 Å². The minimum Gasteiger partial charge on any atom is -0.329 e. The standard InChI is InChI=1S/C24H36N4O2/c1-9-14-27(22(30)18-13-11-10-12-17(18)2)16-21(29)25-20-15-19(23(3,4)5)26-28(20)24(6,7)8/h10-13,15H,9,14,16H2,1-8H3,(H,25,29). The largest absolute Gasteiger partial charge is 0.329 e. The molecule has 1 aromatic carbocycles. The van der Waals surface area contributed by atoms with Gasteiger partial charge in [0.1, 0.15) is 12.4 Å². The van der Waals surface area contributed by atoms with Gasteiger partial charge in [-0.2, -0.15) is 5.10 Å². The molecule has 0 spiro atoms. The van der Waals surface area contributed by atoms with Crippen LogP contribution < -0.4 is 5.32 Å². The first kappa shape index (κ1) is 23.6. The van der Waals surface area contributed by atoms with Crippen LogP contribution in [0.5, 0.6) is 0 Å². The number of carbonyl (C=O) groups excluding carboxylic acids is 2. The molecule has 2 aromatic rings. The van der Waals surface area contributed by atoms with Crippen molar-refractivity contribution in [1.29, 1.82) is 0 Å². The van der Waals surface area contributed by atoms with Crippen molar-refractivity contribution in [3.05, 3.63) is 47.2 Å². The van der Waals surface area contributed by atoms with Crippen LogP contribution in [0.3, 0.4) is 0 Å². The molecule has 0 saturated carbocycles. The van der Waals surface area contributed by atoms with Crippen LogP contribution in [0.4, 0.5) is 5.82 Å². The number of anilines is 1. The van der Waals surface area contributed by atoms with E-state index in [1.807, 2.05) is 69.6 Å². The van der Waals surface area contributed by atoms with Gasteiger partial charge >= 0.3 is 0 Å². The Hall–Kier alpha value is -2.63. The van der Waals surface area contributed by atoms with Crippen LogP contribution in [0.2, 0.25) is 0 Å². The molecule has 0 bridgehead atoms. The average Bonchev–Trinajstić information content (AvgIpc) is 3.05. The second-order valence-corrected chi connectivity index (χ2v) is 9.84. The number of carbonyl (C=O) groups is 2. The Morgan fingerprint density at radius 1 is 1.10 bits per heavy atom. The molecule has 6 heteroatoms. The molecule has 0 saturated heterocycles. The van der Waals surface area contributed by atoms with Crippen LogP contribution in [0, 0.1) is 6.92 Å². The fourth-order valence-electron chi connectivity index (χ4n) is 3.21. The van der Waals surface area contributed by atoms with Crippen molar-refractivity contribution in [1.82, 2.24) is 14.7 Å². The molecule has 1 N–H and O–H groups in total. The summed E-state index contributed by atoms with van der Waals surface area (Å²) in [6, 6.07) is 9.40. The maximum absolute atomic E-state index is 13.0. The van der Waals surface area contributed by atoms with Gasteiger partial charge in [0.15, 0.2) is 0 Å². The first-order valence-corrected chi connectivity index (χ1v) is 10.6. The van der Waals surface area contributed by atoms with Crippen LogP contribution >= 0.6 is 0 Å². The average molecular weight is 413 g/mol. The number of aromatic nitrogens is 2. The summed E-state index contributed by atoms with van der Waals surface area (Å²) in [5.74, 6) is 0.304. The third-order valence-electron chi connectivity index (χ3n) is 4.87. The van der Waals surface area contributed by atoms with E-state index in [1.54, 1.807) is 4.90 Å². The maximum atomic E-state index is 13.0. The van der Waals surface area contributed by atoms with Gasteiger partial charge in [-0.25, -0.2) is 4.68 Å². The molecule has 0 aliphatic carbocycles. The zero-order valence-electron chi connectivity index (χ0n) is 19.7. The predicted octanol–water partition coefficient (Wildman–Crippen LogP) is 4.73. The molecule has 0 radical (unpaired) electrons. The smallest absolute Gasteiger partial charge is 0.254 e. The molecule has 0 fully saturated rings. The zero-order valence-corrected chi connectivity index (χ0v) is 19.7. The van der Waals surface area contributed by atoms with Crippen molar-refractivity contribution >= 4 is 17.6 Å². The van der Waals surface area contributed by atoms with E-state index in [1.165, 1.54) is 0 Å². The van der Waals surface area contributed by atoms with Gasteiger partial charge in [0.05, 0.1) is 11.2 Å². The molecular weight excluding hydrogens is 376 g/mol. The molecule has 2 amide bonds. The summed E-state index contributed by atoms with van der Waals surface area (Å²) in [5.41, 5.74) is 2.03. The molecule has 2 rings (SSSR count). The van der Waals surface area contributed by atoms with Crippen LogP contribution in [-0.4, -0.2) is 39.6 Å². The number of amides is 2. The number of nitrogens with one attached hydrogen (secondary N) is 1. The summed E-state index contributed by atoms with van der Waals surface area (Å²) in [7, 11) is 0. The number of hydrogen-bond donors (Lipinski definition) is 1. The highest BCUT2D eigenvalue weighted by atomic mass is 16.2. The summed E-state index contributed by atoms with van der Waals surface area (Å²) >= 11 is 0.